The number of allylic oxidation sites excluding steroid dienone is 4. The summed E-state index contributed by atoms with van der Waals surface area (Å²) < 4.78 is 33.1. The number of ether oxygens (including phenoxy) is 2. The van der Waals surface area contributed by atoms with Gasteiger partial charge in [-0.2, -0.15) is 0 Å². The number of rotatable bonds is 60. The van der Waals surface area contributed by atoms with E-state index in [2.05, 4.69) is 38.2 Å². The SMILES string of the molecule is CCCCCCC/C=C\C/C=C\CCCCCCCCCCCCCCCCCCCC(=O)OC(COC(=O)CCCCCCCCCCCCCCCCCCCCCCCC)COP(=O)(O)OCCN. The van der Waals surface area contributed by atoms with E-state index in [1.165, 1.54) is 257 Å². The third kappa shape index (κ3) is 57.8. The van der Waals surface area contributed by atoms with E-state index in [1.807, 2.05) is 0 Å². The molecule has 0 aliphatic rings. The summed E-state index contributed by atoms with van der Waals surface area (Å²) in [6, 6.07) is 0. The fourth-order valence-electron chi connectivity index (χ4n) is 9.44. The van der Waals surface area contributed by atoms with E-state index in [4.69, 9.17) is 24.3 Å². The summed E-state index contributed by atoms with van der Waals surface area (Å²) >= 11 is 0. The van der Waals surface area contributed by atoms with Crippen LogP contribution >= 0.6 is 7.82 Å². The molecule has 2 unspecified atom stereocenters. The van der Waals surface area contributed by atoms with E-state index >= 15 is 0 Å². The Balaban J connectivity index is 3.88. The maximum Gasteiger partial charge on any atom is 0.472 e. The van der Waals surface area contributed by atoms with E-state index in [1.54, 1.807) is 0 Å². The number of unbranched alkanes of at least 4 members (excludes halogenated alkanes) is 43. The summed E-state index contributed by atoms with van der Waals surface area (Å²) in [4.78, 5) is 35.2. The number of phosphoric ester groups is 1. The Labute approximate surface area is 446 Å². The highest BCUT2D eigenvalue weighted by atomic mass is 31.2. The zero-order chi connectivity index (χ0) is 52.4. The lowest BCUT2D eigenvalue weighted by Crippen LogP contribution is -2.29. The molecule has 0 aliphatic heterocycles. The summed E-state index contributed by atoms with van der Waals surface area (Å²) in [5, 5.41) is 0. The van der Waals surface area contributed by atoms with Gasteiger partial charge in [-0.05, 0) is 44.9 Å². The molecule has 0 aromatic carbocycles. The minimum absolute atomic E-state index is 0.0566. The minimum atomic E-state index is -4.38. The first-order chi connectivity index (χ1) is 35.3. The van der Waals surface area contributed by atoms with Crippen LogP contribution in [0.25, 0.3) is 0 Å². The van der Waals surface area contributed by atoms with Crippen LogP contribution in [0.4, 0.5) is 0 Å². The maximum absolute atomic E-state index is 12.7. The van der Waals surface area contributed by atoms with Crippen LogP contribution in [0.2, 0.25) is 0 Å². The van der Waals surface area contributed by atoms with Crippen molar-refractivity contribution >= 4 is 19.8 Å². The van der Waals surface area contributed by atoms with Crippen molar-refractivity contribution in [2.45, 2.75) is 335 Å². The highest BCUT2D eigenvalue weighted by molar-refractivity contribution is 7.47. The van der Waals surface area contributed by atoms with Gasteiger partial charge in [0.25, 0.3) is 0 Å². The highest BCUT2D eigenvalue weighted by Gasteiger charge is 2.26. The van der Waals surface area contributed by atoms with Gasteiger partial charge in [0.05, 0.1) is 13.2 Å². The molecule has 72 heavy (non-hydrogen) atoms. The highest BCUT2D eigenvalue weighted by Crippen LogP contribution is 2.43. The van der Waals surface area contributed by atoms with Crippen LogP contribution in [0.5, 0.6) is 0 Å². The van der Waals surface area contributed by atoms with Crippen LogP contribution in [0.1, 0.15) is 328 Å². The van der Waals surface area contributed by atoms with Crippen LogP contribution < -0.4 is 5.73 Å². The van der Waals surface area contributed by atoms with E-state index in [9.17, 15) is 19.0 Å². The molecule has 3 N–H and O–H groups in total. The molecule has 0 aromatic heterocycles. The van der Waals surface area contributed by atoms with E-state index < -0.39 is 26.5 Å². The second kappa shape index (κ2) is 58.7. The number of carbonyl (C=O) groups excluding carboxylic acids is 2. The number of carbonyl (C=O) groups is 2. The van der Waals surface area contributed by atoms with Crippen LogP contribution in [0, 0.1) is 0 Å². The standard InChI is InChI=1S/C62H120NO8P/c1-3-5-7-9-11-13-15-17-19-21-23-25-27-28-29-30-31-32-33-35-37-39-41-43-45-47-49-51-53-55-62(65)71-60(59-70-72(66,67)69-57-56-63)58-68-61(64)54-52-50-48-46-44-42-40-38-36-34-26-24-22-20-18-16-14-12-10-8-6-4-2/h15,17,21,23,60H,3-14,16,18-20,22,24-59,63H2,1-2H3,(H,66,67)/b17-15-,23-21-. The van der Waals surface area contributed by atoms with Crippen molar-refractivity contribution in [3.05, 3.63) is 24.3 Å². The molecule has 0 spiro atoms. The van der Waals surface area contributed by atoms with Gasteiger partial charge < -0.3 is 20.1 Å². The van der Waals surface area contributed by atoms with Crippen LogP contribution in [-0.2, 0) is 32.7 Å². The molecule has 426 valence electrons. The molecule has 10 heteroatoms. The quantitative estimate of drug-likeness (QED) is 0.0264. The molecular weight excluding hydrogens is 918 g/mol. The average Bonchev–Trinajstić information content (AvgIpc) is 3.37. The number of hydrogen-bond donors (Lipinski definition) is 2. The number of hydrogen-bond acceptors (Lipinski definition) is 8. The first-order valence-electron chi connectivity index (χ1n) is 31.3. The van der Waals surface area contributed by atoms with Crippen molar-refractivity contribution in [2.75, 3.05) is 26.4 Å². The smallest absolute Gasteiger partial charge is 0.462 e. The van der Waals surface area contributed by atoms with Gasteiger partial charge in [-0.15, -0.1) is 0 Å². The Morgan fingerprint density at radius 1 is 0.417 bits per heavy atom. The fourth-order valence-corrected chi connectivity index (χ4v) is 10.2. The van der Waals surface area contributed by atoms with Gasteiger partial charge in [-0.3, -0.25) is 18.6 Å². The molecule has 0 bridgehead atoms. The zero-order valence-corrected chi connectivity index (χ0v) is 48.6. The van der Waals surface area contributed by atoms with Crippen molar-refractivity contribution in [1.29, 1.82) is 0 Å². The summed E-state index contributed by atoms with van der Waals surface area (Å²) in [5.41, 5.74) is 5.39. The van der Waals surface area contributed by atoms with Gasteiger partial charge in [-0.1, -0.05) is 295 Å². The third-order valence-electron chi connectivity index (χ3n) is 14.1. The van der Waals surface area contributed by atoms with Crippen molar-refractivity contribution in [1.82, 2.24) is 0 Å². The normalized spacial score (nSPS) is 13.1. The van der Waals surface area contributed by atoms with Crippen LogP contribution in [-0.4, -0.2) is 49.3 Å². The van der Waals surface area contributed by atoms with Gasteiger partial charge >= 0.3 is 19.8 Å². The van der Waals surface area contributed by atoms with Crippen molar-refractivity contribution in [2.24, 2.45) is 5.73 Å². The van der Waals surface area contributed by atoms with Gasteiger partial charge in [0.2, 0.25) is 0 Å². The molecule has 0 amide bonds. The van der Waals surface area contributed by atoms with E-state index in [0.29, 0.717) is 6.42 Å². The molecule has 0 rings (SSSR count). The Morgan fingerprint density at radius 3 is 1.06 bits per heavy atom. The van der Waals surface area contributed by atoms with Gasteiger partial charge in [0, 0.05) is 19.4 Å². The predicted octanol–water partition coefficient (Wildman–Crippen LogP) is 19.8. The molecule has 0 heterocycles. The lowest BCUT2D eigenvalue weighted by Gasteiger charge is -2.19. The number of phosphoric acid groups is 1. The second-order valence-electron chi connectivity index (χ2n) is 21.3. The summed E-state index contributed by atoms with van der Waals surface area (Å²) in [7, 11) is -4.38. The fraction of sp³-hybridized carbons (Fsp3) is 0.903. The number of nitrogens with two attached hydrogens (primary N) is 1. The molecule has 0 saturated heterocycles. The van der Waals surface area contributed by atoms with E-state index in [0.717, 1.165) is 38.5 Å². The van der Waals surface area contributed by atoms with Gasteiger partial charge in [0.15, 0.2) is 6.10 Å². The number of esters is 2. The Bertz CT molecular complexity index is 1230. The van der Waals surface area contributed by atoms with E-state index in [-0.39, 0.29) is 38.6 Å². The minimum Gasteiger partial charge on any atom is -0.462 e. The van der Waals surface area contributed by atoms with Crippen molar-refractivity contribution in [3.63, 3.8) is 0 Å². The topological polar surface area (TPSA) is 134 Å². The molecule has 0 radical (unpaired) electrons. The Hall–Kier alpha value is -1.51. The Morgan fingerprint density at radius 2 is 0.722 bits per heavy atom. The molecule has 9 nitrogen and oxygen atoms in total. The predicted molar refractivity (Wildman–Crippen MR) is 307 cm³/mol. The summed E-state index contributed by atoms with van der Waals surface area (Å²) in [6.07, 6.45) is 69.6. The second-order valence-corrected chi connectivity index (χ2v) is 22.7. The first-order valence-corrected chi connectivity index (χ1v) is 32.8. The van der Waals surface area contributed by atoms with Crippen molar-refractivity contribution < 1.29 is 37.6 Å². The maximum atomic E-state index is 12.7. The lowest BCUT2D eigenvalue weighted by atomic mass is 10.0. The summed E-state index contributed by atoms with van der Waals surface area (Å²) in [5.74, 6) is -0.806. The molecule has 0 aromatic rings. The summed E-state index contributed by atoms with van der Waals surface area (Å²) in [6.45, 7) is 3.80. The van der Waals surface area contributed by atoms with Gasteiger partial charge in [0.1, 0.15) is 6.61 Å². The third-order valence-corrected chi connectivity index (χ3v) is 15.1. The van der Waals surface area contributed by atoms with Gasteiger partial charge in [-0.25, -0.2) is 4.57 Å². The monoisotopic (exact) mass is 1040 g/mol. The molecule has 0 aliphatic carbocycles. The molecular formula is C62H120NO8P. The molecule has 0 saturated carbocycles. The zero-order valence-electron chi connectivity index (χ0n) is 47.7. The van der Waals surface area contributed by atoms with Crippen LogP contribution in [0.3, 0.4) is 0 Å². The first kappa shape index (κ1) is 70.5. The van der Waals surface area contributed by atoms with Crippen LogP contribution in [0.15, 0.2) is 24.3 Å². The molecule has 2 atom stereocenters. The average molecular weight is 1040 g/mol. The lowest BCUT2D eigenvalue weighted by molar-refractivity contribution is -0.161. The Kier molecular flexibility index (Phi) is 57.5. The van der Waals surface area contributed by atoms with Crippen molar-refractivity contribution in [3.8, 4) is 0 Å². The largest absolute Gasteiger partial charge is 0.472 e. The molecule has 0 fully saturated rings.